The summed E-state index contributed by atoms with van der Waals surface area (Å²) in [5.74, 6) is 0.622. The minimum atomic E-state index is 0.528. The number of rotatable bonds is 6. The van der Waals surface area contributed by atoms with Crippen LogP contribution in [-0.4, -0.2) is 33.2 Å². The first-order valence-corrected chi connectivity index (χ1v) is 8.65. The van der Waals surface area contributed by atoms with E-state index >= 15 is 0 Å². The summed E-state index contributed by atoms with van der Waals surface area (Å²) < 4.78 is 0. The average molecular weight is 309 g/mol. The summed E-state index contributed by atoms with van der Waals surface area (Å²) in [4.78, 5) is 8.44. The molecule has 20 heavy (non-hydrogen) atoms. The van der Waals surface area contributed by atoms with Gasteiger partial charge in [0, 0.05) is 5.92 Å². The summed E-state index contributed by atoms with van der Waals surface area (Å²) in [7, 11) is 0. The Hall–Kier alpha value is -1.05. The van der Waals surface area contributed by atoms with E-state index in [0.717, 1.165) is 24.6 Å². The maximum absolute atomic E-state index is 5.71. The summed E-state index contributed by atoms with van der Waals surface area (Å²) in [6.07, 6.45) is 2.49. The largest absolute Gasteiger partial charge is 0.374 e. The van der Waals surface area contributed by atoms with Crippen molar-refractivity contribution in [3.63, 3.8) is 0 Å². The molecule has 2 aromatic heterocycles. The van der Waals surface area contributed by atoms with Gasteiger partial charge in [0.2, 0.25) is 5.13 Å². The molecule has 2 heterocycles. The van der Waals surface area contributed by atoms with Crippen molar-refractivity contribution >= 4 is 27.8 Å². The summed E-state index contributed by atoms with van der Waals surface area (Å²) >= 11 is 3.21. The molecule has 1 saturated carbocycles. The third-order valence-electron chi connectivity index (χ3n) is 3.55. The van der Waals surface area contributed by atoms with Gasteiger partial charge in [-0.2, -0.15) is 0 Å². The van der Waals surface area contributed by atoms with E-state index in [1.807, 2.05) is 0 Å². The van der Waals surface area contributed by atoms with Crippen molar-refractivity contribution in [3.05, 3.63) is 10.7 Å². The van der Waals surface area contributed by atoms with E-state index in [2.05, 4.69) is 28.9 Å². The lowest BCUT2D eigenvalue weighted by Crippen LogP contribution is -2.21. The van der Waals surface area contributed by atoms with Crippen LogP contribution in [0.3, 0.4) is 0 Å². The van der Waals surface area contributed by atoms with Gasteiger partial charge >= 0.3 is 0 Å². The van der Waals surface area contributed by atoms with Crippen LogP contribution in [0.5, 0.6) is 0 Å². The molecule has 3 rings (SSSR count). The molecule has 7 heteroatoms. The molecule has 0 unspecified atom stereocenters. The van der Waals surface area contributed by atoms with E-state index < -0.39 is 0 Å². The lowest BCUT2D eigenvalue weighted by molar-refractivity contribution is 0.295. The monoisotopic (exact) mass is 309 g/mol. The minimum absolute atomic E-state index is 0.528. The standard InChI is InChI=1S/C13H19N5S2/c1-3-18(4-2)7-9-15-10(8-5-6-8)11(19-9)12-16-17-13(14)20-12/h8H,3-7H2,1-2H3,(H2,14,17). The molecule has 0 aromatic carbocycles. The van der Waals surface area contributed by atoms with Crippen LogP contribution >= 0.6 is 22.7 Å². The van der Waals surface area contributed by atoms with Gasteiger partial charge in [-0.05, 0) is 25.9 Å². The molecular formula is C13H19N5S2. The van der Waals surface area contributed by atoms with Gasteiger partial charge in [-0.25, -0.2) is 4.98 Å². The van der Waals surface area contributed by atoms with Gasteiger partial charge in [0.25, 0.3) is 0 Å². The van der Waals surface area contributed by atoms with Crippen LogP contribution in [-0.2, 0) is 6.54 Å². The van der Waals surface area contributed by atoms with Crippen LogP contribution in [0.1, 0.15) is 43.3 Å². The number of nitrogens with zero attached hydrogens (tertiary/aromatic N) is 4. The highest BCUT2D eigenvalue weighted by Crippen LogP contribution is 2.46. The smallest absolute Gasteiger partial charge is 0.203 e. The number of aromatic nitrogens is 3. The number of nitrogen functional groups attached to an aromatic ring is 1. The molecule has 5 nitrogen and oxygen atoms in total. The molecule has 0 aliphatic heterocycles. The zero-order valence-corrected chi connectivity index (χ0v) is 13.4. The highest BCUT2D eigenvalue weighted by molar-refractivity contribution is 7.23. The van der Waals surface area contributed by atoms with E-state index in [9.17, 15) is 0 Å². The molecular weight excluding hydrogens is 290 g/mol. The molecule has 1 aliphatic carbocycles. The van der Waals surface area contributed by atoms with Crippen molar-refractivity contribution in [1.82, 2.24) is 20.1 Å². The molecule has 0 amide bonds. The Kier molecular flexibility index (Phi) is 4.00. The molecule has 2 N–H and O–H groups in total. The predicted molar refractivity (Wildman–Crippen MR) is 84.0 cm³/mol. The lowest BCUT2D eigenvalue weighted by atomic mass is 10.2. The average Bonchev–Trinajstić information content (AvgIpc) is 3.07. The summed E-state index contributed by atoms with van der Waals surface area (Å²) in [5, 5.41) is 10.8. The summed E-state index contributed by atoms with van der Waals surface area (Å²) in [6, 6.07) is 0. The third kappa shape index (κ3) is 2.84. The van der Waals surface area contributed by atoms with Gasteiger partial charge in [-0.3, -0.25) is 4.90 Å². The van der Waals surface area contributed by atoms with Crippen LogP contribution in [0.15, 0.2) is 0 Å². The van der Waals surface area contributed by atoms with Gasteiger partial charge in [-0.15, -0.1) is 21.5 Å². The lowest BCUT2D eigenvalue weighted by Gasteiger charge is -2.15. The zero-order valence-electron chi connectivity index (χ0n) is 11.8. The summed E-state index contributed by atoms with van der Waals surface area (Å²) in [6.45, 7) is 7.40. The maximum Gasteiger partial charge on any atom is 0.203 e. The highest BCUT2D eigenvalue weighted by atomic mass is 32.1. The molecule has 1 aliphatic rings. The first kappa shape index (κ1) is 13.9. The van der Waals surface area contributed by atoms with Crippen molar-refractivity contribution in [2.75, 3.05) is 18.8 Å². The fourth-order valence-corrected chi connectivity index (χ4v) is 4.08. The molecule has 0 bridgehead atoms. The van der Waals surface area contributed by atoms with Crippen molar-refractivity contribution < 1.29 is 0 Å². The van der Waals surface area contributed by atoms with Crippen molar-refractivity contribution in [2.45, 2.75) is 39.2 Å². The molecule has 1 fully saturated rings. The van der Waals surface area contributed by atoms with Crippen LogP contribution in [0.4, 0.5) is 5.13 Å². The van der Waals surface area contributed by atoms with E-state index in [0.29, 0.717) is 11.0 Å². The Morgan fingerprint density at radius 3 is 2.50 bits per heavy atom. The molecule has 0 saturated heterocycles. The fraction of sp³-hybridized carbons (Fsp3) is 0.615. The Labute approximate surface area is 126 Å². The Balaban J connectivity index is 1.90. The molecule has 108 valence electrons. The van der Waals surface area contributed by atoms with Gasteiger partial charge in [-0.1, -0.05) is 25.2 Å². The first-order chi connectivity index (χ1) is 9.71. The van der Waals surface area contributed by atoms with Gasteiger partial charge < -0.3 is 5.73 Å². The van der Waals surface area contributed by atoms with Gasteiger partial charge in [0.05, 0.1) is 17.1 Å². The van der Waals surface area contributed by atoms with Crippen LogP contribution < -0.4 is 5.73 Å². The highest BCUT2D eigenvalue weighted by Gasteiger charge is 2.31. The molecule has 0 atom stereocenters. The number of anilines is 1. The number of hydrogen-bond acceptors (Lipinski definition) is 7. The summed E-state index contributed by atoms with van der Waals surface area (Å²) in [5.41, 5.74) is 6.93. The Bertz CT molecular complexity index is 583. The zero-order chi connectivity index (χ0) is 14.1. The van der Waals surface area contributed by atoms with Gasteiger partial charge in [0.15, 0.2) is 5.01 Å². The van der Waals surface area contributed by atoms with E-state index in [1.165, 1.54) is 39.8 Å². The predicted octanol–water partition coefficient (Wildman–Crippen LogP) is 2.96. The van der Waals surface area contributed by atoms with E-state index in [1.54, 1.807) is 11.3 Å². The fourth-order valence-electron chi connectivity index (χ4n) is 2.20. The Morgan fingerprint density at radius 1 is 1.20 bits per heavy atom. The van der Waals surface area contributed by atoms with E-state index in [4.69, 9.17) is 10.7 Å². The number of nitrogens with two attached hydrogens (primary N) is 1. The second-order valence-corrected chi connectivity index (χ2v) is 7.10. The topological polar surface area (TPSA) is 67.9 Å². The second-order valence-electron chi connectivity index (χ2n) is 5.00. The molecule has 0 spiro atoms. The van der Waals surface area contributed by atoms with Crippen molar-refractivity contribution in [1.29, 1.82) is 0 Å². The van der Waals surface area contributed by atoms with Crippen molar-refractivity contribution in [3.8, 4) is 9.88 Å². The SMILES string of the molecule is CCN(CC)Cc1nc(C2CC2)c(-c2nnc(N)s2)s1. The van der Waals surface area contributed by atoms with Crippen molar-refractivity contribution in [2.24, 2.45) is 0 Å². The van der Waals surface area contributed by atoms with Crippen LogP contribution in [0.25, 0.3) is 9.88 Å². The van der Waals surface area contributed by atoms with E-state index in [-0.39, 0.29) is 0 Å². The Morgan fingerprint density at radius 2 is 1.95 bits per heavy atom. The third-order valence-corrected chi connectivity index (χ3v) is 5.51. The molecule has 2 aromatic rings. The molecule has 0 radical (unpaired) electrons. The van der Waals surface area contributed by atoms with Crippen LogP contribution in [0, 0.1) is 0 Å². The van der Waals surface area contributed by atoms with Gasteiger partial charge in [0.1, 0.15) is 5.01 Å². The second kappa shape index (κ2) is 5.75. The van der Waals surface area contributed by atoms with Crippen LogP contribution in [0.2, 0.25) is 0 Å². The maximum atomic E-state index is 5.71. The first-order valence-electron chi connectivity index (χ1n) is 7.02. The number of thiazole rings is 1. The normalized spacial score (nSPS) is 15.2. The minimum Gasteiger partial charge on any atom is -0.374 e. The number of hydrogen-bond donors (Lipinski definition) is 1. The quantitative estimate of drug-likeness (QED) is 0.888.